The van der Waals surface area contributed by atoms with Crippen molar-refractivity contribution in [2.24, 2.45) is 0 Å². The van der Waals surface area contributed by atoms with E-state index in [4.69, 9.17) is 9.47 Å². The van der Waals surface area contributed by atoms with Crippen LogP contribution in [0.25, 0.3) is 11.4 Å². The number of ether oxygens (including phenoxy) is 2. The SMILES string of the molecule is CCOC(=O)c1cc(C)sc1NC(=O)CSc1nnc(-c2csc(C)c2)n1CC1CCCO1. The van der Waals surface area contributed by atoms with Crippen molar-refractivity contribution in [1.82, 2.24) is 14.8 Å². The van der Waals surface area contributed by atoms with Crippen LogP contribution < -0.4 is 5.32 Å². The Balaban J connectivity index is 1.47. The number of carbonyl (C=O) groups excluding carboxylic acids is 2. The topological polar surface area (TPSA) is 95.3 Å². The molecular weight excluding hydrogens is 480 g/mol. The van der Waals surface area contributed by atoms with Crippen LogP contribution in [0.5, 0.6) is 0 Å². The quantitative estimate of drug-likeness (QED) is 0.330. The summed E-state index contributed by atoms with van der Waals surface area (Å²) in [6.45, 7) is 7.41. The highest BCUT2D eigenvalue weighted by molar-refractivity contribution is 7.99. The second-order valence-electron chi connectivity index (χ2n) is 7.66. The molecule has 0 saturated carbocycles. The molecule has 1 fully saturated rings. The molecule has 3 aromatic rings. The number of aromatic nitrogens is 3. The van der Waals surface area contributed by atoms with Crippen molar-refractivity contribution in [3.8, 4) is 11.4 Å². The van der Waals surface area contributed by atoms with E-state index >= 15 is 0 Å². The second-order valence-corrected chi connectivity index (χ2v) is 11.0. The van der Waals surface area contributed by atoms with Crippen molar-refractivity contribution in [3.63, 3.8) is 0 Å². The molecule has 4 heterocycles. The molecule has 4 rings (SSSR count). The molecular formula is C22H26N4O4S3. The van der Waals surface area contributed by atoms with Crippen molar-refractivity contribution in [2.45, 2.75) is 51.4 Å². The first-order valence-electron chi connectivity index (χ1n) is 10.7. The fraction of sp³-hybridized carbons (Fsp3) is 0.455. The third-order valence-corrected chi connectivity index (χ3v) is 7.85. The number of esters is 1. The van der Waals surface area contributed by atoms with E-state index in [1.807, 2.05) is 6.92 Å². The van der Waals surface area contributed by atoms with Gasteiger partial charge >= 0.3 is 5.97 Å². The van der Waals surface area contributed by atoms with Gasteiger partial charge in [-0.05, 0) is 45.7 Å². The Kier molecular flexibility index (Phi) is 7.84. The molecule has 11 heteroatoms. The van der Waals surface area contributed by atoms with Crippen LogP contribution in [0.3, 0.4) is 0 Å². The van der Waals surface area contributed by atoms with Gasteiger partial charge in [0.05, 0.1) is 30.6 Å². The van der Waals surface area contributed by atoms with Crippen LogP contribution in [0.15, 0.2) is 22.7 Å². The van der Waals surface area contributed by atoms with Gasteiger partial charge in [-0.25, -0.2) is 4.79 Å². The molecule has 1 amide bonds. The third-order valence-electron chi connectivity index (χ3n) is 5.05. The van der Waals surface area contributed by atoms with Gasteiger partial charge in [-0.1, -0.05) is 11.8 Å². The predicted molar refractivity (Wildman–Crippen MR) is 131 cm³/mol. The maximum absolute atomic E-state index is 12.7. The summed E-state index contributed by atoms with van der Waals surface area (Å²) in [4.78, 5) is 27.0. The molecule has 1 atom stereocenters. The summed E-state index contributed by atoms with van der Waals surface area (Å²) in [6, 6.07) is 3.83. The van der Waals surface area contributed by atoms with Crippen LogP contribution in [-0.2, 0) is 20.8 Å². The first-order chi connectivity index (χ1) is 15.9. The third kappa shape index (κ3) is 5.84. The molecule has 0 radical (unpaired) electrons. The number of thioether (sulfide) groups is 1. The number of anilines is 1. The average molecular weight is 507 g/mol. The zero-order chi connectivity index (χ0) is 23.4. The Morgan fingerprint density at radius 2 is 2.15 bits per heavy atom. The van der Waals surface area contributed by atoms with Gasteiger partial charge in [-0.15, -0.1) is 32.9 Å². The maximum atomic E-state index is 12.7. The summed E-state index contributed by atoms with van der Waals surface area (Å²) >= 11 is 4.35. The van der Waals surface area contributed by atoms with E-state index in [9.17, 15) is 9.59 Å². The van der Waals surface area contributed by atoms with Crippen LogP contribution >= 0.6 is 34.4 Å². The van der Waals surface area contributed by atoms with E-state index in [2.05, 4.69) is 38.5 Å². The summed E-state index contributed by atoms with van der Waals surface area (Å²) in [7, 11) is 0. The molecule has 0 spiro atoms. The van der Waals surface area contributed by atoms with E-state index < -0.39 is 5.97 Å². The van der Waals surface area contributed by atoms with Gasteiger partial charge in [0.25, 0.3) is 0 Å². The minimum absolute atomic E-state index is 0.119. The number of carbonyl (C=O) groups is 2. The minimum Gasteiger partial charge on any atom is -0.462 e. The summed E-state index contributed by atoms with van der Waals surface area (Å²) in [5.74, 6) is 0.283. The van der Waals surface area contributed by atoms with E-state index in [0.29, 0.717) is 22.3 Å². The number of hydrogen-bond acceptors (Lipinski definition) is 9. The van der Waals surface area contributed by atoms with E-state index in [0.717, 1.165) is 35.7 Å². The summed E-state index contributed by atoms with van der Waals surface area (Å²) < 4.78 is 13.0. The summed E-state index contributed by atoms with van der Waals surface area (Å²) in [5.41, 5.74) is 1.40. The van der Waals surface area contributed by atoms with Crippen LogP contribution in [0.2, 0.25) is 0 Å². The Bertz CT molecular complexity index is 1130. The van der Waals surface area contributed by atoms with Crippen LogP contribution in [0.1, 0.15) is 39.9 Å². The van der Waals surface area contributed by atoms with E-state index in [-0.39, 0.29) is 24.4 Å². The second kappa shape index (κ2) is 10.8. The van der Waals surface area contributed by atoms with E-state index in [1.54, 1.807) is 24.3 Å². The molecule has 1 aliphatic heterocycles. The smallest absolute Gasteiger partial charge is 0.341 e. The first-order valence-corrected chi connectivity index (χ1v) is 13.4. The van der Waals surface area contributed by atoms with Crippen LogP contribution in [-0.4, -0.2) is 51.7 Å². The van der Waals surface area contributed by atoms with Gasteiger partial charge in [0.1, 0.15) is 5.00 Å². The molecule has 1 unspecified atom stereocenters. The fourth-order valence-corrected chi connectivity index (χ4v) is 5.93. The van der Waals surface area contributed by atoms with Crippen molar-refractivity contribution in [1.29, 1.82) is 0 Å². The molecule has 0 aliphatic carbocycles. The Morgan fingerprint density at radius 1 is 1.30 bits per heavy atom. The molecule has 3 aromatic heterocycles. The lowest BCUT2D eigenvalue weighted by Gasteiger charge is -2.14. The number of nitrogens with one attached hydrogen (secondary N) is 1. The Hall–Kier alpha value is -2.21. The van der Waals surface area contributed by atoms with Crippen molar-refractivity contribution >= 4 is 51.3 Å². The van der Waals surface area contributed by atoms with Gasteiger partial charge in [-0.3, -0.25) is 9.36 Å². The highest BCUT2D eigenvalue weighted by Gasteiger charge is 2.23. The minimum atomic E-state index is -0.434. The molecule has 8 nitrogen and oxygen atoms in total. The number of rotatable bonds is 9. The molecule has 33 heavy (non-hydrogen) atoms. The first kappa shape index (κ1) is 23.9. The van der Waals surface area contributed by atoms with Crippen LogP contribution in [0, 0.1) is 13.8 Å². The molecule has 0 bridgehead atoms. The summed E-state index contributed by atoms with van der Waals surface area (Å²) in [6.07, 6.45) is 2.17. The van der Waals surface area contributed by atoms with Gasteiger partial charge in [0.15, 0.2) is 11.0 Å². The zero-order valence-electron chi connectivity index (χ0n) is 18.8. The average Bonchev–Trinajstić information content (AvgIpc) is 3.56. The maximum Gasteiger partial charge on any atom is 0.341 e. The Labute approximate surface area is 204 Å². The van der Waals surface area contributed by atoms with Gasteiger partial charge < -0.3 is 14.8 Å². The summed E-state index contributed by atoms with van der Waals surface area (Å²) in [5, 5.41) is 14.9. The number of aryl methyl sites for hydroxylation is 2. The van der Waals surface area contributed by atoms with E-state index in [1.165, 1.54) is 28.0 Å². The monoisotopic (exact) mass is 506 g/mol. The van der Waals surface area contributed by atoms with Crippen molar-refractivity contribution < 1.29 is 19.1 Å². The van der Waals surface area contributed by atoms with Crippen LogP contribution in [0.4, 0.5) is 5.00 Å². The fourth-order valence-electron chi connectivity index (χ4n) is 3.59. The number of amides is 1. The normalized spacial score (nSPS) is 15.7. The highest BCUT2D eigenvalue weighted by atomic mass is 32.2. The van der Waals surface area contributed by atoms with Crippen molar-refractivity contribution in [3.05, 3.63) is 32.8 Å². The molecule has 176 valence electrons. The molecule has 1 N–H and O–H groups in total. The lowest BCUT2D eigenvalue weighted by Crippen LogP contribution is -2.18. The number of nitrogens with zero attached hydrogens (tertiary/aromatic N) is 3. The largest absolute Gasteiger partial charge is 0.462 e. The molecule has 0 aromatic carbocycles. The van der Waals surface area contributed by atoms with Gasteiger partial charge in [0.2, 0.25) is 5.91 Å². The van der Waals surface area contributed by atoms with Gasteiger partial charge in [-0.2, -0.15) is 0 Å². The lowest BCUT2D eigenvalue weighted by molar-refractivity contribution is -0.113. The predicted octanol–water partition coefficient (Wildman–Crippen LogP) is 4.77. The number of hydrogen-bond donors (Lipinski definition) is 1. The standard InChI is InChI=1S/C22H26N4O4S3/c1-4-29-21(28)17-9-14(3)33-20(17)23-18(27)12-32-22-25-24-19(15-8-13(2)31-11-15)26(22)10-16-6-5-7-30-16/h8-9,11,16H,4-7,10,12H2,1-3H3,(H,23,27). The highest BCUT2D eigenvalue weighted by Crippen LogP contribution is 2.31. The Morgan fingerprint density at radius 3 is 2.85 bits per heavy atom. The van der Waals surface area contributed by atoms with Crippen molar-refractivity contribution in [2.75, 3.05) is 24.3 Å². The molecule has 1 saturated heterocycles. The zero-order valence-corrected chi connectivity index (χ0v) is 21.2. The molecule has 1 aliphatic rings. The lowest BCUT2D eigenvalue weighted by atomic mass is 10.2. The number of thiophene rings is 2. The van der Waals surface area contributed by atoms with Gasteiger partial charge in [0, 0.05) is 27.3 Å².